The summed E-state index contributed by atoms with van der Waals surface area (Å²) in [5.41, 5.74) is 1.28. The van der Waals surface area contributed by atoms with E-state index in [-0.39, 0.29) is 0 Å². The van der Waals surface area contributed by atoms with Gasteiger partial charge in [-0.1, -0.05) is 24.3 Å². The van der Waals surface area contributed by atoms with Gasteiger partial charge in [0.2, 0.25) is 0 Å². The molecule has 0 aliphatic rings. The van der Waals surface area contributed by atoms with Gasteiger partial charge in [-0.3, -0.25) is 0 Å². The van der Waals surface area contributed by atoms with Gasteiger partial charge in [-0.15, -0.1) is 0 Å². The molecule has 4 nitrogen and oxygen atoms in total. The van der Waals surface area contributed by atoms with Gasteiger partial charge in [0.1, 0.15) is 22.5 Å². The molecule has 0 spiro atoms. The summed E-state index contributed by atoms with van der Waals surface area (Å²) in [6, 6.07) is 25.4. The summed E-state index contributed by atoms with van der Waals surface area (Å²) in [4.78, 5) is 0.705. The monoisotopic (exact) mass is 334 g/mol. The van der Waals surface area contributed by atoms with Crippen LogP contribution in [-0.4, -0.2) is 4.21 Å². The highest BCUT2D eigenvalue weighted by molar-refractivity contribution is 7.86. The highest BCUT2D eigenvalue weighted by atomic mass is 32.2. The SMILES string of the molecule is N#Cc1ccc(Oc2cccc(NS(=O)c3ccccc3)c2)cc1. The van der Waals surface area contributed by atoms with Crippen LogP contribution in [0, 0.1) is 11.3 Å². The van der Waals surface area contributed by atoms with Crippen LogP contribution in [0.2, 0.25) is 0 Å². The second kappa shape index (κ2) is 7.44. The number of benzene rings is 3. The van der Waals surface area contributed by atoms with E-state index in [4.69, 9.17) is 10.00 Å². The van der Waals surface area contributed by atoms with Gasteiger partial charge in [0.05, 0.1) is 22.2 Å². The summed E-state index contributed by atoms with van der Waals surface area (Å²) in [5.74, 6) is 1.25. The summed E-state index contributed by atoms with van der Waals surface area (Å²) in [6.07, 6.45) is 0. The molecule has 0 heterocycles. The molecule has 3 rings (SSSR count). The Hall–Kier alpha value is -3.10. The van der Waals surface area contributed by atoms with E-state index in [1.807, 2.05) is 36.4 Å². The first-order valence-corrected chi connectivity index (χ1v) is 8.41. The molecule has 0 amide bonds. The topological polar surface area (TPSA) is 62.1 Å². The van der Waals surface area contributed by atoms with Crippen molar-refractivity contribution in [2.24, 2.45) is 0 Å². The van der Waals surface area contributed by atoms with Crippen LogP contribution in [0.3, 0.4) is 0 Å². The minimum atomic E-state index is -1.34. The smallest absolute Gasteiger partial charge is 0.150 e. The molecule has 118 valence electrons. The van der Waals surface area contributed by atoms with Crippen molar-refractivity contribution in [2.45, 2.75) is 4.90 Å². The number of ether oxygens (including phenoxy) is 1. The van der Waals surface area contributed by atoms with E-state index in [1.54, 1.807) is 42.5 Å². The van der Waals surface area contributed by atoms with Crippen molar-refractivity contribution in [1.82, 2.24) is 0 Å². The standard InChI is InChI=1S/C19H14N2O2S/c20-14-15-9-11-17(12-10-15)23-18-6-4-5-16(13-18)21-24(22)19-7-2-1-3-8-19/h1-13,21H. The fourth-order valence-corrected chi connectivity index (χ4v) is 2.93. The lowest BCUT2D eigenvalue weighted by Gasteiger charge is -2.09. The number of nitrogens with zero attached hydrogens (tertiary/aromatic N) is 1. The van der Waals surface area contributed by atoms with Crippen LogP contribution in [0.25, 0.3) is 0 Å². The summed E-state index contributed by atoms with van der Waals surface area (Å²) in [7, 11) is -1.34. The van der Waals surface area contributed by atoms with Gasteiger partial charge in [0.15, 0.2) is 0 Å². The van der Waals surface area contributed by atoms with E-state index >= 15 is 0 Å². The van der Waals surface area contributed by atoms with Crippen molar-refractivity contribution < 1.29 is 8.95 Å². The van der Waals surface area contributed by atoms with Gasteiger partial charge in [-0.05, 0) is 48.5 Å². The lowest BCUT2D eigenvalue weighted by Crippen LogP contribution is -2.04. The molecule has 0 aliphatic carbocycles. The van der Waals surface area contributed by atoms with Gasteiger partial charge in [-0.25, -0.2) is 4.21 Å². The summed E-state index contributed by atoms with van der Waals surface area (Å²) < 4.78 is 21.0. The van der Waals surface area contributed by atoms with E-state index in [9.17, 15) is 4.21 Å². The van der Waals surface area contributed by atoms with Crippen molar-refractivity contribution in [3.05, 3.63) is 84.4 Å². The highest BCUT2D eigenvalue weighted by Gasteiger charge is 2.05. The zero-order valence-corrected chi connectivity index (χ0v) is 13.5. The molecule has 3 aromatic carbocycles. The largest absolute Gasteiger partial charge is 0.457 e. The molecule has 0 radical (unpaired) electrons. The molecule has 1 atom stereocenters. The molecule has 3 aromatic rings. The molecule has 5 heteroatoms. The number of rotatable bonds is 5. The van der Waals surface area contributed by atoms with Crippen LogP contribution >= 0.6 is 0 Å². The maximum atomic E-state index is 12.3. The average Bonchev–Trinajstić information content (AvgIpc) is 2.63. The second-order valence-electron chi connectivity index (χ2n) is 4.95. The lowest BCUT2D eigenvalue weighted by atomic mass is 10.2. The molecule has 0 fully saturated rings. The normalized spacial score (nSPS) is 11.3. The number of hydrogen-bond donors (Lipinski definition) is 1. The predicted molar refractivity (Wildman–Crippen MR) is 94.1 cm³/mol. The van der Waals surface area contributed by atoms with Gasteiger partial charge in [0.25, 0.3) is 0 Å². The van der Waals surface area contributed by atoms with E-state index in [0.29, 0.717) is 27.6 Å². The van der Waals surface area contributed by atoms with Crippen LogP contribution in [0.5, 0.6) is 11.5 Å². The predicted octanol–water partition coefficient (Wildman–Crippen LogP) is 4.49. The maximum absolute atomic E-state index is 12.3. The number of nitrogens with one attached hydrogen (secondary N) is 1. The van der Waals surface area contributed by atoms with E-state index in [1.165, 1.54) is 0 Å². The molecule has 24 heavy (non-hydrogen) atoms. The Morgan fingerprint density at radius 1 is 0.875 bits per heavy atom. The molecular weight excluding hydrogens is 320 g/mol. The van der Waals surface area contributed by atoms with Gasteiger partial charge < -0.3 is 9.46 Å². The molecular formula is C19H14N2O2S. The molecule has 1 unspecified atom stereocenters. The Bertz CT molecular complexity index is 887. The molecule has 0 saturated carbocycles. The van der Waals surface area contributed by atoms with Gasteiger partial charge in [0, 0.05) is 6.07 Å². The van der Waals surface area contributed by atoms with Crippen LogP contribution in [-0.2, 0) is 11.0 Å². The molecule has 1 N–H and O–H groups in total. The molecule has 0 aliphatic heterocycles. The third kappa shape index (κ3) is 4.00. The summed E-state index contributed by atoms with van der Waals surface area (Å²) >= 11 is 0. The number of hydrogen-bond acceptors (Lipinski definition) is 3. The lowest BCUT2D eigenvalue weighted by molar-refractivity contribution is 0.483. The minimum Gasteiger partial charge on any atom is -0.457 e. The quantitative estimate of drug-likeness (QED) is 0.748. The highest BCUT2D eigenvalue weighted by Crippen LogP contribution is 2.25. The zero-order valence-electron chi connectivity index (χ0n) is 12.7. The first-order valence-electron chi connectivity index (χ1n) is 7.26. The minimum absolute atomic E-state index is 0.580. The fourth-order valence-electron chi connectivity index (χ4n) is 2.07. The van der Waals surface area contributed by atoms with Crippen LogP contribution in [0.4, 0.5) is 5.69 Å². The van der Waals surface area contributed by atoms with Gasteiger partial charge in [-0.2, -0.15) is 5.26 Å². The van der Waals surface area contributed by atoms with Crippen LogP contribution in [0.1, 0.15) is 5.56 Å². The van der Waals surface area contributed by atoms with E-state index in [2.05, 4.69) is 10.8 Å². The third-order valence-corrected chi connectivity index (χ3v) is 4.34. The summed E-state index contributed by atoms with van der Waals surface area (Å²) in [5, 5.41) is 8.80. The van der Waals surface area contributed by atoms with Crippen LogP contribution < -0.4 is 9.46 Å². The Balaban J connectivity index is 1.72. The van der Waals surface area contributed by atoms with Crippen molar-refractivity contribution in [3.63, 3.8) is 0 Å². The second-order valence-corrected chi connectivity index (χ2v) is 6.16. The number of nitriles is 1. The Kier molecular flexibility index (Phi) is 4.90. The average molecular weight is 334 g/mol. The zero-order chi connectivity index (χ0) is 16.8. The van der Waals surface area contributed by atoms with E-state index < -0.39 is 11.0 Å². The van der Waals surface area contributed by atoms with Crippen molar-refractivity contribution in [1.29, 1.82) is 5.26 Å². The molecule has 0 saturated heterocycles. The van der Waals surface area contributed by atoms with Crippen LogP contribution in [0.15, 0.2) is 83.8 Å². The maximum Gasteiger partial charge on any atom is 0.150 e. The third-order valence-electron chi connectivity index (χ3n) is 3.22. The molecule has 0 aromatic heterocycles. The number of anilines is 1. The fraction of sp³-hybridized carbons (Fsp3) is 0. The first kappa shape index (κ1) is 15.8. The van der Waals surface area contributed by atoms with Crippen molar-refractivity contribution in [3.8, 4) is 17.6 Å². The molecule has 0 bridgehead atoms. The summed E-state index contributed by atoms with van der Waals surface area (Å²) in [6.45, 7) is 0. The Labute approximate surface area is 142 Å². The van der Waals surface area contributed by atoms with E-state index in [0.717, 1.165) is 0 Å². The van der Waals surface area contributed by atoms with Gasteiger partial charge >= 0.3 is 0 Å². The van der Waals surface area contributed by atoms with Crippen molar-refractivity contribution >= 4 is 16.7 Å². The first-order chi connectivity index (χ1) is 11.7. The van der Waals surface area contributed by atoms with Crippen molar-refractivity contribution in [2.75, 3.05) is 4.72 Å². The Morgan fingerprint density at radius 2 is 1.62 bits per heavy atom. The Morgan fingerprint density at radius 3 is 2.33 bits per heavy atom.